The van der Waals surface area contributed by atoms with Crippen molar-refractivity contribution in [1.82, 2.24) is 15.1 Å². The number of carbonyl (C=O) groups excluding carboxylic acids is 2. The van der Waals surface area contributed by atoms with Gasteiger partial charge >= 0.3 is 11.9 Å². The molecule has 43 heavy (non-hydrogen) atoms. The Kier molecular flexibility index (Phi) is 10.9. The van der Waals surface area contributed by atoms with Crippen molar-refractivity contribution in [1.29, 1.82) is 0 Å². The van der Waals surface area contributed by atoms with Crippen LogP contribution in [0.2, 0.25) is 0 Å². The van der Waals surface area contributed by atoms with Gasteiger partial charge < -0.3 is 24.4 Å². The lowest BCUT2D eigenvalue weighted by molar-refractivity contribution is -0.384. The first-order valence-corrected chi connectivity index (χ1v) is 14.5. The maximum atomic E-state index is 13.4. The summed E-state index contributed by atoms with van der Waals surface area (Å²) < 4.78 is 16.6. The van der Waals surface area contributed by atoms with E-state index < -0.39 is 22.8 Å². The normalized spacial score (nSPS) is 17.8. The van der Waals surface area contributed by atoms with E-state index in [-0.39, 0.29) is 23.4 Å². The minimum absolute atomic E-state index is 0.137. The van der Waals surface area contributed by atoms with Gasteiger partial charge in [0.2, 0.25) is 0 Å². The number of carbonyl (C=O) groups is 2. The van der Waals surface area contributed by atoms with Gasteiger partial charge in [-0.25, -0.2) is 9.59 Å². The highest BCUT2D eigenvalue weighted by molar-refractivity contribution is 5.99. The maximum absolute atomic E-state index is 13.4. The van der Waals surface area contributed by atoms with Gasteiger partial charge in [-0.1, -0.05) is 30.3 Å². The molecule has 1 atom stereocenters. The lowest BCUT2D eigenvalue weighted by Gasteiger charge is -2.34. The molecule has 0 amide bonds. The minimum atomic E-state index is -0.871. The van der Waals surface area contributed by atoms with Gasteiger partial charge in [0, 0.05) is 62.8 Å². The third-order valence-electron chi connectivity index (χ3n) is 7.88. The number of esters is 2. The lowest BCUT2D eigenvalue weighted by Crippen LogP contribution is -2.47. The minimum Gasteiger partial charge on any atom is -0.492 e. The molecule has 11 nitrogen and oxygen atoms in total. The summed E-state index contributed by atoms with van der Waals surface area (Å²) in [5.74, 6) is -1.15. The van der Waals surface area contributed by atoms with Crippen LogP contribution in [0.3, 0.4) is 0 Å². The van der Waals surface area contributed by atoms with Gasteiger partial charge in [-0.05, 0) is 44.4 Å². The average molecular weight is 593 g/mol. The molecule has 4 rings (SSSR count). The number of rotatable bonds is 12. The van der Waals surface area contributed by atoms with Gasteiger partial charge in [0.25, 0.3) is 5.69 Å². The summed E-state index contributed by atoms with van der Waals surface area (Å²) in [4.78, 5) is 41.9. The Hall–Kier alpha value is -4.22. The first-order chi connectivity index (χ1) is 20.7. The van der Waals surface area contributed by atoms with Gasteiger partial charge in [0.1, 0.15) is 12.4 Å². The van der Waals surface area contributed by atoms with Crippen molar-refractivity contribution in [3.8, 4) is 5.75 Å². The monoisotopic (exact) mass is 592 g/mol. The van der Waals surface area contributed by atoms with E-state index >= 15 is 0 Å². The summed E-state index contributed by atoms with van der Waals surface area (Å²) in [5.41, 5.74) is 2.91. The van der Waals surface area contributed by atoms with Crippen LogP contribution in [0.4, 0.5) is 5.69 Å². The number of non-ortho nitro benzene ring substituents is 1. The largest absolute Gasteiger partial charge is 0.492 e. The first-order valence-electron chi connectivity index (χ1n) is 14.5. The van der Waals surface area contributed by atoms with Crippen LogP contribution in [0.15, 0.2) is 71.1 Å². The second kappa shape index (κ2) is 14.8. The zero-order valence-corrected chi connectivity index (χ0v) is 25.3. The Morgan fingerprint density at radius 2 is 1.56 bits per heavy atom. The maximum Gasteiger partial charge on any atom is 0.336 e. The van der Waals surface area contributed by atoms with Crippen LogP contribution < -0.4 is 10.1 Å². The van der Waals surface area contributed by atoms with Crippen molar-refractivity contribution < 1.29 is 28.7 Å². The highest BCUT2D eigenvalue weighted by Gasteiger charge is 2.38. The molecule has 2 aliphatic rings. The number of nitrogens with zero attached hydrogens (tertiary/aromatic N) is 3. The van der Waals surface area contributed by atoms with Crippen LogP contribution in [-0.4, -0.2) is 86.3 Å². The fraction of sp³-hybridized carbons (Fsp3) is 0.438. The number of allylic oxidation sites excluding steroid dienone is 2. The van der Waals surface area contributed by atoms with Crippen molar-refractivity contribution in [3.63, 3.8) is 0 Å². The van der Waals surface area contributed by atoms with Crippen LogP contribution >= 0.6 is 0 Å². The Balaban J connectivity index is 1.30. The fourth-order valence-electron chi connectivity index (χ4n) is 5.57. The first kappa shape index (κ1) is 31.7. The number of hydrogen-bond acceptors (Lipinski definition) is 10. The molecule has 11 heteroatoms. The van der Waals surface area contributed by atoms with Crippen molar-refractivity contribution in [2.45, 2.75) is 33.1 Å². The summed E-state index contributed by atoms with van der Waals surface area (Å²) in [6.07, 6.45) is 0.655. The summed E-state index contributed by atoms with van der Waals surface area (Å²) in [6.45, 7) is 11.7. The molecule has 2 heterocycles. The average Bonchev–Trinajstić information content (AvgIpc) is 3.00. The van der Waals surface area contributed by atoms with Crippen LogP contribution in [0.1, 0.15) is 37.3 Å². The van der Waals surface area contributed by atoms with E-state index in [1.807, 2.05) is 31.2 Å². The highest BCUT2D eigenvalue weighted by atomic mass is 16.6. The molecule has 1 saturated heterocycles. The van der Waals surface area contributed by atoms with Crippen LogP contribution in [0.25, 0.3) is 0 Å². The van der Waals surface area contributed by atoms with Gasteiger partial charge in [-0.15, -0.1) is 0 Å². The van der Waals surface area contributed by atoms with E-state index in [9.17, 15) is 19.7 Å². The number of ether oxygens (including phenoxy) is 3. The van der Waals surface area contributed by atoms with Gasteiger partial charge in [0.05, 0.1) is 35.7 Å². The predicted octanol–water partition coefficient (Wildman–Crippen LogP) is 3.94. The molecule has 0 spiro atoms. The van der Waals surface area contributed by atoms with Crippen molar-refractivity contribution in [3.05, 3.63) is 92.3 Å². The standard InChI is InChI=1S/C32H40N4O7/c1-22-9-5-6-12-27(22)42-20-18-35-16-14-34(15-17-35)13-8-19-43-32(38)29-24(3)33-23(2)28(31(37)41-4)30(29)25-10-7-11-26(21-25)36(39)40/h5-7,9-12,21,30,33H,8,13-20H2,1-4H3. The molecule has 0 saturated carbocycles. The van der Waals surface area contributed by atoms with Crippen molar-refractivity contribution in [2.24, 2.45) is 0 Å². The molecule has 2 aromatic carbocycles. The Labute approximate surface area is 252 Å². The fourth-order valence-corrected chi connectivity index (χ4v) is 5.57. The smallest absolute Gasteiger partial charge is 0.336 e. The Bertz CT molecular complexity index is 1400. The molecule has 230 valence electrons. The van der Waals surface area contributed by atoms with E-state index in [0.717, 1.165) is 50.6 Å². The molecule has 2 aromatic rings. The van der Waals surface area contributed by atoms with Gasteiger partial charge in [0.15, 0.2) is 0 Å². The number of dihydropyridines is 1. The van der Waals surface area contributed by atoms with Crippen LogP contribution in [0, 0.1) is 17.0 Å². The summed E-state index contributed by atoms with van der Waals surface area (Å²) in [7, 11) is 1.26. The third-order valence-corrected chi connectivity index (χ3v) is 7.88. The number of nitrogens with one attached hydrogen (secondary N) is 1. The van der Waals surface area contributed by atoms with E-state index in [4.69, 9.17) is 14.2 Å². The van der Waals surface area contributed by atoms with Crippen LogP contribution in [-0.2, 0) is 19.1 Å². The summed E-state index contributed by atoms with van der Waals surface area (Å²) in [6, 6.07) is 14.0. The Morgan fingerprint density at radius 3 is 2.21 bits per heavy atom. The molecular formula is C32H40N4O7. The summed E-state index contributed by atoms with van der Waals surface area (Å²) >= 11 is 0. The number of piperazine rings is 1. The molecule has 1 fully saturated rings. The zero-order valence-electron chi connectivity index (χ0n) is 25.3. The number of hydrogen-bond donors (Lipinski definition) is 1. The number of methoxy groups -OCH3 is 1. The molecule has 0 radical (unpaired) electrons. The van der Waals surface area contributed by atoms with Crippen molar-refractivity contribution >= 4 is 17.6 Å². The van der Waals surface area contributed by atoms with Gasteiger partial charge in [-0.2, -0.15) is 0 Å². The summed E-state index contributed by atoms with van der Waals surface area (Å²) in [5, 5.41) is 14.5. The molecule has 0 aliphatic carbocycles. The number of para-hydroxylation sites is 1. The quantitative estimate of drug-likeness (QED) is 0.168. The molecular weight excluding hydrogens is 552 g/mol. The predicted molar refractivity (Wildman–Crippen MR) is 162 cm³/mol. The number of nitro groups is 1. The molecule has 2 aliphatic heterocycles. The van der Waals surface area contributed by atoms with Gasteiger partial charge in [-0.3, -0.25) is 15.0 Å². The molecule has 1 unspecified atom stereocenters. The number of aryl methyl sites for hydroxylation is 1. The Morgan fingerprint density at radius 1 is 0.907 bits per heavy atom. The third kappa shape index (κ3) is 7.99. The van der Waals surface area contributed by atoms with E-state index in [2.05, 4.69) is 15.1 Å². The van der Waals surface area contributed by atoms with Crippen molar-refractivity contribution in [2.75, 3.05) is 59.6 Å². The van der Waals surface area contributed by atoms with Crippen LogP contribution in [0.5, 0.6) is 5.75 Å². The zero-order chi connectivity index (χ0) is 30.9. The molecule has 0 aromatic heterocycles. The second-order valence-corrected chi connectivity index (χ2v) is 10.8. The second-order valence-electron chi connectivity index (χ2n) is 10.8. The SMILES string of the molecule is COC(=O)C1=C(C)NC(C)=C(C(=O)OCCCN2CCN(CCOc3ccccc3C)CC2)C1c1cccc([N+](=O)[O-])c1. The molecule has 1 N–H and O–H groups in total. The number of benzene rings is 2. The van der Waals surface area contributed by atoms with E-state index in [0.29, 0.717) is 30.0 Å². The highest BCUT2D eigenvalue weighted by Crippen LogP contribution is 2.40. The van der Waals surface area contributed by atoms with E-state index in [1.54, 1.807) is 19.9 Å². The number of nitro benzene ring substituents is 1. The lowest BCUT2D eigenvalue weighted by atomic mass is 9.80. The topological polar surface area (TPSA) is 123 Å². The van der Waals surface area contributed by atoms with E-state index in [1.165, 1.54) is 25.3 Å². The molecule has 0 bridgehead atoms.